The van der Waals surface area contributed by atoms with Gasteiger partial charge in [0.2, 0.25) is 0 Å². The van der Waals surface area contributed by atoms with Crippen LogP contribution in [0.4, 0.5) is 0 Å². The lowest BCUT2D eigenvalue weighted by molar-refractivity contribution is 0.0976. The number of aromatic hydroxyl groups is 1. The molecule has 1 aromatic carbocycles. The normalized spacial score (nSPS) is 11.4. The number of carbonyl (C=O) groups excluding carboxylic acids is 1. The molecule has 0 saturated heterocycles. The molecule has 0 spiro atoms. The molecule has 176 valence electrons. The summed E-state index contributed by atoms with van der Waals surface area (Å²) in [5.41, 5.74) is 1.46. The summed E-state index contributed by atoms with van der Waals surface area (Å²) in [6.45, 7) is 4.19. The summed E-state index contributed by atoms with van der Waals surface area (Å²) in [6.07, 6.45) is 27.4. The predicted octanol–water partition coefficient (Wildman–Crippen LogP) is 9.48. The minimum absolute atomic E-state index is 0.0681. The quantitative estimate of drug-likeness (QED) is 0.127. The molecule has 2 nitrogen and oxygen atoms in total. The number of hydrogen-bond acceptors (Lipinski definition) is 2. The van der Waals surface area contributed by atoms with Crippen LogP contribution in [0.5, 0.6) is 5.75 Å². The summed E-state index contributed by atoms with van der Waals surface area (Å²) in [5, 5.41) is 9.90. The molecule has 0 heterocycles. The van der Waals surface area contributed by atoms with E-state index in [1.807, 2.05) is 13.0 Å². The van der Waals surface area contributed by atoms with Crippen molar-refractivity contribution in [2.24, 2.45) is 0 Å². The lowest BCUT2D eigenvalue weighted by Crippen LogP contribution is -1.99. The van der Waals surface area contributed by atoms with E-state index < -0.39 is 0 Å². The van der Waals surface area contributed by atoms with E-state index in [1.165, 1.54) is 96.3 Å². The summed E-state index contributed by atoms with van der Waals surface area (Å²) >= 11 is 0. The molecule has 0 atom stereocenters. The van der Waals surface area contributed by atoms with E-state index in [4.69, 9.17) is 0 Å². The second-order valence-electron chi connectivity index (χ2n) is 9.19. The molecule has 0 aliphatic rings. The maximum Gasteiger partial charge on any atom is 0.166 e. The van der Waals surface area contributed by atoms with Crippen molar-refractivity contribution in [2.75, 3.05) is 0 Å². The lowest BCUT2D eigenvalue weighted by atomic mass is 10.0. The summed E-state index contributed by atoms with van der Waals surface area (Å²) < 4.78 is 0. The Bertz CT molecular complexity index is 603. The number of aryl methyl sites for hydroxylation is 1. The fourth-order valence-corrected chi connectivity index (χ4v) is 4.08. The van der Waals surface area contributed by atoms with Crippen molar-refractivity contribution in [3.8, 4) is 5.75 Å². The number of benzene rings is 1. The number of unbranched alkanes of at least 4 members (excludes halogenated alkanes) is 15. The van der Waals surface area contributed by atoms with Crippen LogP contribution in [0.1, 0.15) is 138 Å². The minimum Gasteiger partial charge on any atom is -0.507 e. The first kappa shape index (κ1) is 27.5. The van der Waals surface area contributed by atoms with Crippen molar-refractivity contribution >= 4 is 5.78 Å². The number of Topliss-reactive ketones (excluding diaryl/α,β-unsaturated/α-hetero) is 1. The molecule has 1 aromatic rings. The fraction of sp³-hybridized carbons (Fsp3) is 0.690. The maximum atomic E-state index is 12.2. The molecular weight excluding hydrogens is 380 g/mol. The second-order valence-corrected chi connectivity index (χ2v) is 9.19. The highest BCUT2D eigenvalue weighted by Gasteiger charge is 2.10. The maximum absolute atomic E-state index is 12.2. The largest absolute Gasteiger partial charge is 0.507 e. The van der Waals surface area contributed by atoms with Crippen molar-refractivity contribution in [3.63, 3.8) is 0 Å². The first-order chi connectivity index (χ1) is 15.1. The van der Waals surface area contributed by atoms with Crippen molar-refractivity contribution in [1.82, 2.24) is 0 Å². The Labute approximate surface area is 192 Å². The number of rotatable bonds is 20. The van der Waals surface area contributed by atoms with Crippen molar-refractivity contribution in [2.45, 2.75) is 129 Å². The van der Waals surface area contributed by atoms with Gasteiger partial charge in [-0.1, -0.05) is 102 Å². The van der Waals surface area contributed by atoms with Crippen LogP contribution >= 0.6 is 0 Å². The zero-order valence-corrected chi connectivity index (χ0v) is 20.5. The van der Waals surface area contributed by atoms with Gasteiger partial charge < -0.3 is 5.11 Å². The van der Waals surface area contributed by atoms with Crippen LogP contribution in [0.3, 0.4) is 0 Å². The van der Waals surface area contributed by atoms with Gasteiger partial charge in [-0.25, -0.2) is 0 Å². The average molecular weight is 429 g/mol. The zero-order valence-electron chi connectivity index (χ0n) is 20.5. The number of phenolic OH excluding ortho intramolecular Hbond substituents is 1. The van der Waals surface area contributed by atoms with Crippen LogP contribution in [0.15, 0.2) is 30.4 Å². The SMILES string of the molecule is CCCCCCCCC=CCCCCCCCCCCCC(=O)c1ccc(C)cc1O. The van der Waals surface area contributed by atoms with Crippen molar-refractivity contribution < 1.29 is 9.90 Å². The van der Waals surface area contributed by atoms with Gasteiger partial charge in [0.15, 0.2) is 5.78 Å². The van der Waals surface area contributed by atoms with Crippen molar-refractivity contribution in [3.05, 3.63) is 41.5 Å². The molecule has 0 aromatic heterocycles. The highest BCUT2D eigenvalue weighted by Crippen LogP contribution is 2.21. The summed E-state index contributed by atoms with van der Waals surface area (Å²) in [4.78, 5) is 12.2. The Morgan fingerprint density at radius 1 is 0.742 bits per heavy atom. The van der Waals surface area contributed by atoms with Crippen LogP contribution in [0.2, 0.25) is 0 Å². The topological polar surface area (TPSA) is 37.3 Å². The first-order valence-electron chi connectivity index (χ1n) is 13.1. The zero-order chi connectivity index (χ0) is 22.6. The van der Waals surface area contributed by atoms with Gasteiger partial charge in [-0.05, 0) is 56.7 Å². The molecule has 1 rings (SSSR count). The van der Waals surface area contributed by atoms with Gasteiger partial charge in [0.1, 0.15) is 5.75 Å². The standard InChI is InChI=1S/C29H48O2/c1-3-4-5-6-7-8-9-10-11-12-13-14-15-16-17-18-19-20-21-22-28(30)27-24-23-26(2)25-29(27)31/h10-11,23-25,31H,3-9,12-22H2,1-2H3. The van der Waals surface area contributed by atoms with Gasteiger partial charge >= 0.3 is 0 Å². The van der Waals surface area contributed by atoms with Crippen LogP contribution in [0, 0.1) is 6.92 Å². The van der Waals surface area contributed by atoms with Crippen LogP contribution in [-0.4, -0.2) is 10.9 Å². The van der Waals surface area contributed by atoms with E-state index in [9.17, 15) is 9.90 Å². The van der Waals surface area contributed by atoms with Gasteiger partial charge in [0, 0.05) is 6.42 Å². The minimum atomic E-state index is 0.0681. The van der Waals surface area contributed by atoms with Crippen LogP contribution in [0.25, 0.3) is 0 Å². The molecule has 31 heavy (non-hydrogen) atoms. The van der Waals surface area contributed by atoms with Crippen molar-refractivity contribution in [1.29, 1.82) is 0 Å². The Balaban J connectivity index is 1.84. The van der Waals surface area contributed by atoms with Gasteiger partial charge in [0.05, 0.1) is 5.56 Å². The summed E-state index contributed by atoms with van der Waals surface area (Å²) in [6, 6.07) is 5.30. The average Bonchev–Trinajstić information content (AvgIpc) is 2.75. The first-order valence-corrected chi connectivity index (χ1v) is 13.1. The Morgan fingerprint density at radius 2 is 1.23 bits per heavy atom. The Morgan fingerprint density at radius 3 is 1.74 bits per heavy atom. The third-order valence-electron chi connectivity index (χ3n) is 6.12. The highest BCUT2D eigenvalue weighted by molar-refractivity contribution is 5.98. The smallest absolute Gasteiger partial charge is 0.166 e. The van der Waals surface area contributed by atoms with E-state index in [1.54, 1.807) is 12.1 Å². The number of ketones is 1. The predicted molar refractivity (Wildman–Crippen MR) is 135 cm³/mol. The lowest BCUT2D eigenvalue weighted by Gasteiger charge is -2.05. The molecule has 0 aliphatic heterocycles. The van der Waals surface area contributed by atoms with Crippen LogP contribution < -0.4 is 0 Å². The van der Waals surface area contributed by atoms with E-state index >= 15 is 0 Å². The van der Waals surface area contributed by atoms with E-state index in [-0.39, 0.29) is 11.5 Å². The van der Waals surface area contributed by atoms with Gasteiger partial charge in [-0.15, -0.1) is 0 Å². The van der Waals surface area contributed by atoms with E-state index in [0.717, 1.165) is 18.4 Å². The number of allylic oxidation sites excluding steroid dienone is 2. The third-order valence-corrected chi connectivity index (χ3v) is 6.12. The Kier molecular flexibility index (Phi) is 17.0. The molecule has 0 saturated carbocycles. The summed E-state index contributed by atoms with van der Waals surface area (Å²) in [5.74, 6) is 0.191. The van der Waals surface area contributed by atoms with Gasteiger partial charge in [-0.2, -0.15) is 0 Å². The molecule has 0 fully saturated rings. The number of carbonyl (C=O) groups is 1. The van der Waals surface area contributed by atoms with E-state index in [0.29, 0.717) is 12.0 Å². The molecule has 0 bridgehead atoms. The monoisotopic (exact) mass is 428 g/mol. The highest BCUT2D eigenvalue weighted by atomic mass is 16.3. The molecule has 1 N–H and O–H groups in total. The van der Waals surface area contributed by atoms with Crippen LogP contribution in [-0.2, 0) is 0 Å². The number of phenols is 1. The second kappa shape index (κ2) is 19.1. The van der Waals surface area contributed by atoms with E-state index in [2.05, 4.69) is 19.1 Å². The van der Waals surface area contributed by atoms with Gasteiger partial charge in [0.25, 0.3) is 0 Å². The van der Waals surface area contributed by atoms with Gasteiger partial charge in [-0.3, -0.25) is 4.79 Å². The molecule has 0 unspecified atom stereocenters. The molecule has 2 heteroatoms. The molecule has 0 aliphatic carbocycles. The fourth-order valence-electron chi connectivity index (χ4n) is 4.08. The molecular formula is C29H48O2. The summed E-state index contributed by atoms with van der Waals surface area (Å²) in [7, 11) is 0. The molecule has 0 amide bonds. The molecule has 0 radical (unpaired) electrons. The Hall–Kier alpha value is -1.57. The third kappa shape index (κ3) is 15.0. The number of hydrogen-bond donors (Lipinski definition) is 1.